The molecule has 1 heterocycles. The molecule has 1 aromatic carbocycles. The first kappa shape index (κ1) is 28.5. The fourth-order valence-electron chi connectivity index (χ4n) is 3.09. The molecular weight excluding hydrogens is 469 g/mol. The average Bonchev–Trinajstić information content (AvgIpc) is 2.75. The molecule has 2 aromatic rings. The molecule has 0 saturated heterocycles. The predicted octanol–water partition coefficient (Wildman–Crippen LogP) is 5.46. The molecule has 2 amide bonds. The number of imide groups is 1. The van der Waals surface area contributed by atoms with Gasteiger partial charge in [-0.25, -0.2) is 23.8 Å². The summed E-state index contributed by atoms with van der Waals surface area (Å²) in [6.07, 6.45) is -0.602. The van der Waals surface area contributed by atoms with Crippen molar-refractivity contribution < 1.29 is 33.0 Å². The van der Waals surface area contributed by atoms with E-state index in [0.29, 0.717) is 16.4 Å². The van der Waals surface area contributed by atoms with Gasteiger partial charge in [-0.15, -0.1) is 0 Å². The van der Waals surface area contributed by atoms with Crippen LogP contribution in [-0.2, 0) is 19.0 Å². The number of nitrogens with zero attached hydrogens (tertiary/aromatic N) is 3. The zero-order valence-corrected chi connectivity index (χ0v) is 21.8. The monoisotopic (exact) mass is 503 g/mol. The standard InChI is InChI=1S/C26H34FN3O6/c1-8-34-22(31)20(30(23(32)35-25(2,3)4)24(33)36-26(5,6)7)17-29(21-11-9-10-16-28-21)19-14-12-18(27)13-15-19/h9-16,20H,8,17H2,1-7H3. The van der Waals surface area contributed by atoms with Crippen LogP contribution in [0.25, 0.3) is 0 Å². The number of carbonyl (C=O) groups excluding carboxylic acids is 3. The van der Waals surface area contributed by atoms with Crippen molar-refractivity contribution in [2.24, 2.45) is 0 Å². The Kier molecular flexibility index (Phi) is 9.38. The zero-order valence-electron chi connectivity index (χ0n) is 21.8. The summed E-state index contributed by atoms with van der Waals surface area (Å²) in [5.74, 6) is -0.908. The molecule has 0 aliphatic heterocycles. The maximum atomic E-state index is 13.7. The quantitative estimate of drug-likeness (QED) is 0.363. The van der Waals surface area contributed by atoms with Gasteiger partial charge in [-0.05, 0) is 84.9 Å². The second-order valence-corrected chi connectivity index (χ2v) is 9.87. The van der Waals surface area contributed by atoms with E-state index in [-0.39, 0.29) is 13.2 Å². The molecule has 0 bridgehead atoms. The topological polar surface area (TPSA) is 98.3 Å². The number of hydrogen-bond donors (Lipinski definition) is 0. The van der Waals surface area contributed by atoms with Gasteiger partial charge in [-0.2, -0.15) is 4.90 Å². The van der Waals surface area contributed by atoms with Crippen molar-refractivity contribution in [2.45, 2.75) is 65.7 Å². The number of carbonyl (C=O) groups is 3. The minimum Gasteiger partial charge on any atom is -0.464 e. The van der Waals surface area contributed by atoms with Crippen molar-refractivity contribution in [3.8, 4) is 0 Å². The van der Waals surface area contributed by atoms with Gasteiger partial charge in [0.25, 0.3) is 0 Å². The number of ether oxygens (including phenoxy) is 3. The molecule has 9 nitrogen and oxygen atoms in total. The van der Waals surface area contributed by atoms with Crippen LogP contribution in [-0.4, -0.2) is 58.4 Å². The lowest BCUT2D eigenvalue weighted by Gasteiger charge is -2.35. The highest BCUT2D eigenvalue weighted by Gasteiger charge is 2.42. The number of pyridine rings is 1. The van der Waals surface area contributed by atoms with E-state index < -0.39 is 41.2 Å². The summed E-state index contributed by atoms with van der Waals surface area (Å²) >= 11 is 0. The summed E-state index contributed by atoms with van der Waals surface area (Å²) in [5, 5.41) is 0. The Labute approximate surface area is 211 Å². The third kappa shape index (κ3) is 8.51. The Hall–Kier alpha value is -3.69. The Balaban J connectivity index is 2.62. The summed E-state index contributed by atoms with van der Waals surface area (Å²) < 4.78 is 29.8. The Morgan fingerprint density at radius 3 is 1.92 bits per heavy atom. The molecule has 1 atom stereocenters. The van der Waals surface area contributed by atoms with Crippen LogP contribution in [0.2, 0.25) is 0 Å². The van der Waals surface area contributed by atoms with Crippen molar-refractivity contribution >= 4 is 29.7 Å². The summed E-state index contributed by atoms with van der Waals surface area (Å²) in [6.45, 7) is 11.2. The highest BCUT2D eigenvalue weighted by molar-refractivity contribution is 5.94. The van der Waals surface area contributed by atoms with Gasteiger partial charge in [0.2, 0.25) is 0 Å². The van der Waals surface area contributed by atoms with Crippen molar-refractivity contribution in [1.82, 2.24) is 9.88 Å². The third-order valence-corrected chi connectivity index (χ3v) is 4.47. The molecule has 0 aliphatic carbocycles. The van der Waals surface area contributed by atoms with Crippen LogP contribution < -0.4 is 4.90 Å². The second-order valence-electron chi connectivity index (χ2n) is 9.87. The van der Waals surface area contributed by atoms with E-state index in [0.717, 1.165) is 0 Å². The smallest absolute Gasteiger partial charge is 0.420 e. The Bertz CT molecular complexity index is 1000. The molecule has 0 saturated carbocycles. The molecule has 36 heavy (non-hydrogen) atoms. The molecule has 0 N–H and O–H groups in total. The molecule has 2 rings (SSSR count). The maximum Gasteiger partial charge on any atom is 0.420 e. The van der Waals surface area contributed by atoms with E-state index in [4.69, 9.17) is 14.2 Å². The molecule has 196 valence electrons. The van der Waals surface area contributed by atoms with E-state index in [9.17, 15) is 18.8 Å². The normalized spacial score (nSPS) is 12.3. The first-order valence-corrected chi connectivity index (χ1v) is 11.6. The first-order valence-electron chi connectivity index (χ1n) is 11.6. The SMILES string of the molecule is CCOC(=O)C(CN(c1ccc(F)cc1)c1ccccn1)N(C(=O)OC(C)(C)C)C(=O)OC(C)(C)C. The number of hydrogen-bond acceptors (Lipinski definition) is 8. The largest absolute Gasteiger partial charge is 0.464 e. The van der Waals surface area contributed by atoms with E-state index in [2.05, 4.69) is 4.98 Å². The van der Waals surface area contributed by atoms with Crippen molar-refractivity contribution in [3.63, 3.8) is 0 Å². The van der Waals surface area contributed by atoms with Crippen molar-refractivity contribution in [2.75, 3.05) is 18.1 Å². The predicted molar refractivity (Wildman–Crippen MR) is 132 cm³/mol. The fraction of sp³-hybridized carbons (Fsp3) is 0.462. The molecule has 0 fully saturated rings. The van der Waals surface area contributed by atoms with Crippen LogP contribution in [0, 0.1) is 5.82 Å². The Morgan fingerprint density at radius 2 is 1.47 bits per heavy atom. The van der Waals surface area contributed by atoms with Gasteiger partial charge in [-0.1, -0.05) is 6.07 Å². The van der Waals surface area contributed by atoms with E-state index in [1.54, 1.807) is 77.8 Å². The zero-order chi connectivity index (χ0) is 27.1. The van der Waals surface area contributed by atoms with Gasteiger partial charge < -0.3 is 19.1 Å². The molecule has 0 aliphatic rings. The molecule has 1 aromatic heterocycles. The van der Waals surface area contributed by atoms with Crippen LogP contribution in [0.1, 0.15) is 48.5 Å². The van der Waals surface area contributed by atoms with Gasteiger partial charge in [0.1, 0.15) is 22.8 Å². The first-order chi connectivity index (χ1) is 16.7. The van der Waals surface area contributed by atoms with Crippen molar-refractivity contribution in [3.05, 3.63) is 54.5 Å². The summed E-state index contributed by atoms with van der Waals surface area (Å²) in [7, 11) is 0. The van der Waals surface area contributed by atoms with E-state index in [1.165, 1.54) is 24.3 Å². The highest BCUT2D eigenvalue weighted by Crippen LogP contribution is 2.26. The van der Waals surface area contributed by atoms with Crippen molar-refractivity contribution in [1.29, 1.82) is 0 Å². The van der Waals surface area contributed by atoms with E-state index in [1.807, 2.05) is 0 Å². The third-order valence-electron chi connectivity index (χ3n) is 4.47. The average molecular weight is 504 g/mol. The summed E-state index contributed by atoms with van der Waals surface area (Å²) in [4.78, 5) is 46.2. The number of amides is 2. The molecule has 0 spiro atoms. The van der Waals surface area contributed by atoms with Crippen LogP contribution in [0.4, 0.5) is 25.5 Å². The minimum atomic E-state index is -1.48. The lowest BCUT2D eigenvalue weighted by Crippen LogP contribution is -2.56. The minimum absolute atomic E-state index is 0.00590. The number of halogens is 1. The Morgan fingerprint density at radius 1 is 0.917 bits per heavy atom. The van der Waals surface area contributed by atoms with Crippen LogP contribution in [0.3, 0.4) is 0 Å². The van der Waals surface area contributed by atoms with Crippen LogP contribution in [0.15, 0.2) is 48.7 Å². The van der Waals surface area contributed by atoms with E-state index >= 15 is 0 Å². The van der Waals surface area contributed by atoms with Crippen LogP contribution >= 0.6 is 0 Å². The lowest BCUT2D eigenvalue weighted by atomic mass is 10.2. The number of anilines is 2. The molecule has 1 unspecified atom stereocenters. The van der Waals surface area contributed by atoms with Gasteiger partial charge in [0.15, 0.2) is 6.04 Å². The number of benzene rings is 1. The highest BCUT2D eigenvalue weighted by atomic mass is 19.1. The van der Waals surface area contributed by atoms with Gasteiger partial charge in [0.05, 0.1) is 13.2 Å². The molecular formula is C26H34FN3O6. The number of esters is 1. The summed E-state index contributed by atoms with van der Waals surface area (Å²) in [6, 6.07) is 9.14. The summed E-state index contributed by atoms with van der Waals surface area (Å²) in [5.41, 5.74) is -1.46. The van der Waals surface area contributed by atoms with Gasteiger partial charge >= 0.3 is 18.2 Å². The molecule has 10 heteroatoms. The number of aromatic nitrogens is 1. The fourth-order valence-corrected chi connectivity index (χ4v) is 3.09. The van der Waals surface area contributed by atoms with Gasteiger partial charge in [0, 0.05) is 11.9 Å². The second kappa shape index (κ2) is 11.8. The lowest BCUT2D eigenvalue weighted by molar-refractivity contribution is -0.148. The number of rotatable bonds is 7. The molecule has 0 radical (unpaired) electrons. The van der Waals surface area contributed by atoms with Crippen LogP contribution in [0.5, 0.6) is 0 Å². The maximum absolute atomic E-state index is 13.7. The van der Waals surface area contributed by atoms with Gasteiger partial charge in [-0.3, -0.25) is 0 Å².